The first-order chi connectivity index (χ1) is 19.3. The van der Waals surface area contributed by atoms with E-state index in [0.29, 0.717) is 33.8 Å². The predicted molar refractivity (Wildman–Crippen MR) is 161 cm³/mol. The van der Waals surface area contributed by atoms with E-state index in [1.165, 1.54) is 7.11 Å². The second kappa shape index (κ2) is 12.0. The highest BCUT2D eigenvalue weighted by molar-refractivity contribution is 9.10. The Hall–Kier alpha value is -4.08. The molecular weight excluding hydrogens is 592 g/mol. The lowest BCUT2D eigenvalue weighted by molar-refractivity contribution is -0.127. The second-order valence-electron chi connectivity index (χ2n) is 9.15. The highest BCUT2D eigenvalue weighted by Crippen LogP contribution is 2.39. The van der Waals surface area contributed by atoms with Gasteiger partial charge in [0.25, 0.3) is 11.1 Å². The van der Waals surface area contributed by atoms with Crippen molar-refractivity contribution in [3.63, 3.8) is 0 Å². The summed E-state index contributed by atoms with van der Waals surface area (Å²) in [6.45, 7) is 1.87. The fourth-order valence-corrected chi connectivity index (χ4v) is 5.80. The molecule has 0 spiro atoms. The first-order valence-electron chi connectivity index (χ1n) is 12.4. The Balaban J connectivity index is 1.30. The predicted octanol–water partition coefficient (Wildman–Crippen LogP) is 7.17. The van der Waals surface area contributed by atoms with Crippen LogP contribution >= 0.6 is 27.7 Å². The Bertz CT molecular complexity index is 1660. The van der Waals surface area contributed by atoms with Crippen molar-refractivity contribution in [2.45, 2.75) is 13.5 Å². The summed E-state index contributed by atoms with van der Waals surface area (Å²) in [7, 11) is 1.54. The summed E-state index contributed by atoms with van der Waals surface area (Å²) in [6, 6.07) is 25.0. The zero-order valence-corrected chi connectivity index (χ0v) is 24.2. The van der Waals surface area contributed by atoms with E-state index in [0.717, 1.165) is 38.6 Å². The highest BCUT2D eigenvalue weighted by atomic mass is 79.9. The second-order valence-corrected chi connectivity index (χ2v) is 11.0. The van der Waals surface area contributed by atoms with Crippen LogP contribution in [0.15, 0.2) is 88.2 Å². The van der Waals surface area contributed by atoms with Crippen LogP contribution in [-0.2, 0) is 16.2 Å². The zero-order chi connectivity index (χ0) is 28.2. The van der Waals surface area contributed by atoms with Gasteiger partial charge in [-0.1, -0.05) is 54.6 Å². The van der Waals surface area contributed by atoms with E-state index >= 15 is 0 Å². The molecule has 0 radical (unpaired) electrons. The molecule has 1 aliphatic heterocycles. The molecule has 1 N–H and O–H groups in total. The Morgan fingerprint density at radius 3 is 2.60 bits per heavy atom. The van der Waals surface area contributed by atoms with Crippen LogP contribution < -0.4 is 14.8 Å². The maximum absolute atomic E-state index is 13.0. The quantitative estimate of drug-likeness (QED) is 0.211. The highest BCUT2D eigenvalue weighted by Gasteiger charge is 2.36. The molecule has 0 bridgehead atoms. The van der Waals surface area contributed by atoms with Crippen molar-refractivity contribution < 1.29 is 23.9 Å². The third-order valence-electron chi connectivity index (χ3n) is 6.28. The lowest BCUT2D eigenvalue weighted by atomic mass is 10.1. The number of halogens is 1. The number of hydrogen-bond acceptors (Lipinski definition) is 6. The summed E-state index contributed by atoms with van der Waals surface area (Å²) >= 11 is 4.35. The molecule has 1 saturated heterocycles. The topological polar surface area (TPSA) is 84.9 Å². The number of hydrogen-bond donors (Lipinski definition) is 1. The van der Waals surface area contributed by atoms with Gasteiger partial charge in [0.05, 0.1) is 16.5 Å². The Morgan fingerprint density at radius 2 is 1.80 bits per heavy atom. The third kappa shape index (κ3) is 6.05. The van der Waals surface area contributed by atoms with Crippen molar-refractivity contribution in [1.82, 2.24) is 4.90 Å². The van der Waals surface area contributed by atoms with Crippen LogP contribution in [0.25, 0.3) is 16.8 Å². The van der Waals surface area contributed by atoms with Gasteiger partial charge in [-0.15, -0.1) is 0 Å². The first kappa shape index (κ1) is 27.5. The number of benzene rings is 4. The van der Waals surface area contributed by atoms with Gasteiger partial charge in [-0.05, 0) is 92.4 Å². The summed E-state index contributed by atoms with van der Waals surface area (Å²) in [6.07, 6.45) is 1.60. The van der Waals surface area contributed by atoms with Crippen molar-refractivity contribution >= 4 is 67.3 Å². The minimum Gasteiger partial charge on any atom is -0.493 e. The molecule has 1 heterocycles. The maximum Gasteiger partial charge on any atom is 0.294 e. The van der Waals surface area contributed by atoms with Crippen molar-refractivity contribution in [1.29, 1.82) is 0 Å². The van der Waals surface area contributed by atoms with Gasteiger partial charge >= 0.3 is 0 Å². The number of imide groups is 1. The van der Waals surface area contributed by atoms with Gasteiger partial charge in [0.2, 0.25) is 5.91 Å². The van der Waals surface area contributed by atoms with Crippen molar-refractivity contribution in [3.05, 3.63) is 105 Å². The number of nitrogens with zero attached hydrogens (tertiary/aromatic N) is 1. The first-order valence-corrected chi connectivity index (χ1v) is 14.0. The minimum atomic E-state index is -0.527. The fraction of sp³-hybridized carbons (Fsp3) is 0.129. The molecule has 9 heteroatoms. The molecule has 0 saturated carbocycles. The Kier molecular flexibility index (Phi) is 8.23. The number of amides is 3. The van der Waals surface area contributed by atoms with Crippen LogP contribution in [0.3, 0.4) is 0 Å². The molecule has 202 valence electrons. The van der Waals surface area contributed by atoms with Gasteiger partial charge in [0, 0.05) is 5.69 Å². The molecular formula is C31H25BrN2O5S. The van der Waals surface area contributed by atoms with Crippen LogP contribution in [0, 0.1) is 6.92 Å². The standard InChI is InChI=1S/C31H25BrN2O5S/c1-19-7-5-11-23(13-19)33-28(35)17-34-30(36)27(40-31(34)37)16-20-14-25(32)29(26(15-20)38-2)39-18-22-10-6-9-21-8-3-4-12-24(21)22/h3-16H,17-18H2,1-2H3,(H,33,35)/b27-16+. The Labute approximate surface area is 244 Å². The smallest absolute Gasteiger partial charge is 0.294 e. The number of methoxy groups -OCH3 is 1. The van der Waals surface area contributed by atoms with Crippen LogP contribution in [0.2, 0.25) is 0 Å². The van der Waals surface area contributed by atoms with E-state index in [2.05, 4.69) is 39.4 Å². The SMILES string of the molecule is COc1cc(/C=C2/SC(=O)N(CC(=O)Nc3cccc(C)c3)C2=O)cc(Br)c1OCc1cccc2ccccc12. The number of ether oxygens (including phenoxy) is 2. The molecule has 4 aromatic carbocycles. The Morgan fingerprint density at radius 1 is 1.02 bits per heavy atom. The summed E-state index contributed by atoms with van der Waals surface area (Å²) in [5.41, 5.74) is 3.26. The summed E-state index contributed by atoms with van der Waals surface area (Å²) in [5.74, 6) is 0.0122. The number of carbonyl (C=O) groups is 3. The molecule has 0 unspecified atom stereocenters. The van der Waals surface area contributed by atoms with Gasteiger partial charge in [0.15, 0.2) is 11.5 Å². The largest absolute Gasteiger partial charge is 0.493 e. The number of thioether (sulfide) groups is 1. The monoisotopic (exact) mass is 616 g/mol. The lowest BCUT2D eigenvalue weighted by Gasteiger charge is -2.15. The minimum absolute atomic E-state index is 0.215. The molecule has 0 atom stereocenters. The number of fused-ring (bicyclic) bond motifs is 1. The number of rotatable bonds is 8. The van der Waals surface area contributed by atoms with Gasteiger partial charge in [-0.3, -0.25) is 19.3 Å². The normalized spacial score (nSPS) is 14.2. The van der Waals surface area contributed by atoms with E-state index in [1.807, 2.05) is 49.4 Å². The molecule has 5 rings (SSSR count). The number of anilines is 1. The molecule has 40 heavy (non-hydrogen) atoms. The van der Waals surface area contributed by atoms with Crippen molar-refractivity contribution in [2.24, 2.45) is 0 Å². The zero-order valence-electron chi connectivity index (χ0n) is 21.8. The van der Waals surface area contributed by atoms with Crippen LogP contribution in [0.4, 0.5) is 10.5 Å². The van der Waals surface area contributed by atoms with Gasteiger partial charge in [-0.2, -0.15) is 0 Å². The van der Waals surface area contributed by atoms with E-state index in [-0.39, 0.29) is 11.4 Å². The molecule has 0 aliphatic carbocycles. The molecule has 7 nitrogen and oxygen atoms in total. The summed E-state index contributed by atoms with van der Waals surface area (Å²) in [4.78, 5) is 39.3. The number of nitrogens with one attached hydrogen (secondary N) is 1. The van der Waals surface area contributed by atoms with Crippen molar-refractivity contribution in [2.75, 3.05) is 19.0 Å². The lowest BCUT2D eigenvalue weighted by Crippen LogP contribution is -2.36. The van der Waals surface area contributed by atoms with E-state index in [9.17, 15) is 14.4 Å². The van der Waals surface area contributed by atoms with E-state index in [4.69, 9.17) is 9.47 Å². The van der Waals surface area contributed by atoms with Gasteiger partial charge in [0.1, 0.15) is 13.2 Å². The average molecular weight is 618 g/mol. The van der Waals surface area contributed by atoms with E-state index < -0.39 is 17.1 Å². The van der Waals surface area contributed by atoms with Crippen LogP contribution in [0.1, 0.15) is 16.7 Å². The molecule has 1 aliphatic rings. The van der Waals surface area contributed by atoms with Crippen LogP contribution in [-0.4, -0.2) is 35.6 Å². The maximum atomic E-state index is 13.0. The summed E-state index contributed by atoms with van der Waals surface area (Å²) < 4.78 is 12.4. The number of carbonyl (C=O) groups excluding carboxylic acids is 3. The molecule has 1 fully saturated rings. The average Bonchev–Trinajstić information content (AvgIpc) is 3.19. The van der Waals surface area contributed by atoms with Crippen LogP contribution in [0.5, 0.6) is 11.5 Å². The van der Waals surface area contributed by atoms with E-state index in [1.54, 1.807) is 24.3 Å². The van der Waals surface area contributed by atoms with Gasteiger partial charge < -0.3 is 14.8 Å². The van der Waals surface area contributed by atoms with Gasteiger partial charge in [-0.25, -0.2) is 0 Å². The third-order valence-corrected chi connectivity index (χ3v) is 7.78. The molecule has 0 aromatic heterocycles. The molecule has 3 amide bonds. The number of aryl methyl sites for hydroxylation is 1. The van der Waals surface area contributed by atoms with Crippen molar-refractivity contribution in [3.8, 4) is 11.5 Å². The summed E-state index contributed by atoms with van der Waals surface area (Å²) in [5, 5.41) is 4.47. The molecule has 4 aromatic rings. The fourth-order valence-electron chi connectivity index (χ4n) is 4.39.